The molecule has 0 radical (unpaired) electrons. The van der Waals surface area contributed by atoms with E-state index in [-0.39, 0.29) is 44.8 Å². The van der Waals surface area contributed by atoms with E-state index in [4.69, 9.17) is 32.6 Å². The fourth-order valence-electron chi connectivity index (χ4n) is 8.29. The van der Waals surface area contributed by atoms with E-state index < -0.39 is 46.3 Å². The molecular weight excluding hydrogens is 1230 g/mol. The summed E-state index contributed by atoms with van der Waals surface area (Å²) in [5, 5.41) is 5.93. The minimum Gasteiger partial charge on any atom is 1.00 e. The summed E-state index contributed by atoms with van der Waals surface area (Å²) in [6.07, 6.45) is 0. The molecule has 0 heterocycles. The monoisotopic (exact) mass is 1270 g/mol. The first-order valence-corrected chi connectivity index (χ1v) is 34.5. The maximum Gasteiger partial charge on any atom is 1.00 e. The molecule has 8 rings (SSSR count). The van der Waals surface area contributed by atoms with Gasteiger partial charge in [-0.25, -0.2) is 0 Å². The maximum atomic E-state index is 12.3. The molecule has 0 amide bonds. The van der Waals surface area contributed by atoms with Crippen molar-refractivity contribution in [3.05, 3.63) is 243 Å². The second-order valence-electron chi connectivity index (χ2n) is 16.0. The summed E-state index contributed by atoms with van der Waals surface area (Å²) < 4.78 is 85.1. The molecule has 0 aromatic heterocycles. The van der Waals surface area contributed by atoms with Crippen LogP contribution >= 0.6 is 25.8 Å². The van der Waals surface area contributed by atoms with Crippen LogP contribution in [0, 0.1) is 20.5 Å². The number of rotatable bonds is 14. The van der Waals surface area contributed by atoms with E-state index in [9.17, 15) is 28.0 Å². The Morgan fingerprint density at radius 3 is 0.643 bits per heavy atom. The van der Waals surface area contributed by atoms with Crippen LogP contribution in [0.2, 0.25) is 0 Å². The fraction of sp³-hybridized carbons (Fsp3) is 0.0385. The van der Waals surface area contributed by atoms with Gasteiger partial charge in [-0.3, -0.25) is 0 Å². The van der Waals surface area contributed by atoms with Crippen molar-refractivity contribution in [3.63, 3.8) is 0 Å². The van der Waals surface area contributed by atoms with Crippen molar-refractivity contribution in [2.75, 3.05) is 13.3 Å². The largest absolute Gasteiger partial charge is 1.00 e. The van der Waals surface area contributed by atoms with Gasteiger partial charge >= 0.3 is 461 Å². The van der Waals surface area contributed by atoms with Crippen LogP contribution in [0.5, 0.6) is 0 Å². The summed E-state index contributed by atoms with van der Waals surface area (Å²) in [6.45, 7) is -0.807. The Bertz CT molecular complexity index is 2650. The minimum absolute atomic E-state index is 0. The zero-order chi connectivity index (χ0) is 48.6. The quantitative estimate of drug-likeness (QED) is 0.0902. The molecule has 8 aromatic carbocycles. The zero-order valence-corrected chi connectivity index (χ0v) is 47.2. The number of benzene rings is 8. The summed E-state index contributed by atoms with van der Waals surface area (Å²) in [5.41, 5.74) is 3.79. The van der Waals surface area contributed by atoms with Gasteiger partial charge in [0, 0.05) is 0 Å². The van der Waals surface area contributed by atoms with E-state index in [0.717, 1.165) is 21.2 Å². The topological polar surface area (TPSA) is 157 Å². The van der Waals surface area contributed by atoms with Crippen LogP contribution in [0.1, 0.15) is 0 Å². The SMILES string of the molecule is CP(=CP([S-])(O[Cl+3]([O-])([O-])[O-])(c1ccccc1)c1ccccc1)(c1ccccc1)c1ccccc1.CP(=CP([S-])(O[Cl+3]([O-])([O-])[O-])(c1ccccc1)c1ccccc1)(c1ccccc1)c1ccccc1.[Ag+].[Ag+]. The molecule has 8 aromatic rings. The third kappa shape index (κ3) is 12.9. The Kier molecular flexibility index (Phi) is 20.0. The Morgan fingerprint density at radius 2 is 0.486 bits per heavy atom. The molecule has 18 heteroatoms. The van der Waals surface area contributed by atoms with Gasteiger partial charge in [0.2, 0.25) is 0 Å². The van der Waals surface area contributed by atoms with Gasteiger partial charge in [0.15, 0.2) is 0 Å². The third-order valence-electron chi connectivity index (χ3n) is 11.5. The van der Waals surface area contributed by atoms with Gasteiger partial charge in [0.05, 0.1) is 0 Å². The first kappa shape index (κ1) is 58.5. The Morgan fingerprint density at radius 1 is 0.329 bits per heavy atom. The van der Waals surface area contributed by atoms with Gasteiger partial charge in [-0.15, -0.1) is 0 Å². The number of halogens is 2. The van der Waals surface area contributed by atoms with Gasteiger partial charge in [-0.2, -0.15) is 0 Å². The molecule has 0 unspecified atom stereocenters. The molecule has 0 saturated heterocycles. The maximum absolute atomic E-state index is 12.3. The molecule has 70 heavy (non-hydrogen) atoms. The minimum atomic E-state index is -4.85. The third-order valence-corrected chi connectivity index (χ3v) is 37.9. The van der Waals surface area contributed by atoms with Crippen LogP contribution in [0.3, 0.4) is 0 Å². The van der Waals surface area contributed by atoms with Gasteiger partial charge < -0.3 is 0 Å². The van der Waals surface area contributed by atoms with E-state index in [2.05, 4.69) is 13.3 Å². The molecule has 0 aliphatic heterocycles. The van der Waals surface area contributed by atoms with Crippen molar-refractivity contribution in [2.45, 2.75) is 0 Å². The summed E-state index contributed by atoms with van der Waals surface area (Å²) in [7, 11) is -9.71. The standard InChI is InChI=1S/2C26H24ClO4P2S.2Ag/c2*1-32(23-14-6-2-7-15-23,24-16-8-3-9-17-24)22-33(34,31-27(28,29)30,25-18-10-4-11-19-25)26-20-12-5-13-21-26;;/h2*2-22H,1H3;;/q2*-1;2*+1. The normalized spacial score (nSPS) is 13.2. The zero-order valence-electron chi connectivity index (χ0n) is 37.5. The predicted molar refractivity (Wildman–Crippen MR) is 277 cm³/mol. The van der Waals surface area contributed by atoms with Crippen LogP contribution < -0.4 is 70.4 Å². The average molecular weight is 1280 g/mol. The fourth-order valence-corrected chi connectivity index (χ4v) is 37.6. The van der Waals surface area contributed by atoms with Crippen molar-refractivity contribution >= 4 is 104 Å². The van der Waals surface area contributed by atoms with Crippen molar-refractivity contribution in [3.8, 4) is 0 Å². The van der Waals surface area contributed by atoms with E-state index in [1.54, 1.807) is 97.1 Å². The van der Waals surface area contributed by atoms with E-state index in [0.29, 0.717) is 21.2 Å². The first-order valence-electron chi connectivity index (χ1n) is 21.0. The number of hydrogen-bond acceptors (Lipinski definition) is 10. The Labute approximate surface area is 456 Å². The Hall–Kier alpha value is -2.34. The van der Waals surface area contributed by atoms with Crippen molar-refractivity contribution in [2.24, 2.45) is 0 Å². The second kappa shape index (κ2) is 23.9. The molecule has 0 fully saturated rings. The van der Waals surface area contributed by atoms with Crippen LogP contribution in [0.15, 0.2) is 243 Å². The molecule has 8 nitrogen and oxygen atoms in total. The van der Waals surface area contributed by atoms with Crippen molar-refractivity contribution < 1.29 is 101 Å². The molecule has 372 valence electrons. The average Bonchev–Trinajstić information content (AvgIpc) is 3.35. The summed E-state index contributed by atoms with van der Waals surface area (Å²) in [5.74, 6) is 0. The van der Waals surface area contributed by atoms with E-state index in [1.807, 2.05) is 157 Å². The first-order chi connectivity index (χ1) is 32.3. The summed E-state index contributed by atoms with van der Waals surface area (Å²) in [6, 6.07) is 65.5. The molecule has 0 atom stereocenters. The van der Waals surface area contributed by atoms with Crippen LogP contribution in [0.25, 0.3) is 0 Å². The molecule has 0 N–H and O–H groups in total. The molecule has 0 bridgehead atoms. The smallest absolute Gasteiger partial charge is 1.00 e. The molecule has 0 spiro atoms. The van der Waals surface area contributed by atoms with Gasteiger partial charge in [0.1, 0.15) is 0 Å². The predicted octanol–water partition coefficient (Wildman–Crippen LogP) is 3.07. The molecule has 0 saturated carbocycles. The Balaban J connectivity index is 0.000000254. The molecule has 0 aliphatic rings. The number of hydrogen-bond donors (Lipinski definition) is 0. The summed E-state index contributed by atoms with van der Waals surface area (Å²) >= 11 is 12.8. The van der Waals surface area contributed by atoms with Gasteiger partial charge in [0.25, 0.3) is 0 Å². The summed E-state index contributed by atoms with van der Waals surface area (Å²) in [4.78, 5) is 0. The molecular formula is C52H48Ag2Cl2O8P4S2. The van der Waals surface area contributed by atoms with E-state index >= 15 is 0 Å². The van der Waals surface area contributed by atoms with Crippen LogP contribution in [-0.4, -0.2) is 24.4 Å². The van der Waals surface area contributed by atoms with Crippen molar-refractivity contribution in [1.82, 2.24) is 0 Å². The molecule has 0 aliphatic carbocycles. The van der Waals surface area contributed by atoms with Crippen LogP contribution in [-0.2, 0) is 77.4 Å². The van der Waals surface area contributed by atoms with E-state index in [1.165, 1.54) is 0 Å². The van der Waals surface area contributed by atoms with Crippen molar-refractivity contribution in [1.29, 1.82) is 0 Å². The van der Waals surface area contributed by atoms with Gasteiger partial charge in [-0.05, 0) is 0 Å². The second-order valence-corrected chi connectivity index (χ2v) is 37.3. The van der Waals surface area contributed by atoms with Gasteiger partial charge in [-0.1, -0.05) is 0 Å². The van der Waals surface area contributed by atoms with Crippen LogP contribution in [0.4, 0.5) is 0 Å².